The van der Waals surface area contributed by atoms with E-state index in [2.05, 4.69) is 21.2 Å². The topological polar surface area (TPSA) is 29.1 Å². The van der Waals surface area contributed by atoms with Crippen LogP contribution >= 0.6 is 39.1 Å². The Balaban J connectivity index is 2.80. The third kappa shape index (κ3) is 4.66. The summed E-state index contributed by atoms with van der Waals surface area (Å²) in [5.41, 5.74) is 0.709. The van der Waals surface area contributed by atoms with Crippen molar-refractivity contribution in [2.24, 2.45) is 5.41 Å². The lowest BCUT2D eigenvalue weighted by Gasteiger charge is -2.26. The predicted octanol–water partition coefficient (Wildman–Crippen LogP) is 4.98. The van der Waals surface area contributed by atoms with Gasteiger partial charge in [0.15, 0.2) is 0 Å². The van der Waals surface area contributed by atoms with Crippen LogP contribution in [0.5, 0.6) is 0 Å². The molecule has 2 nitrogen and oxygen atoms in total. The average Bonchev–Trinajstić information content (AvgIpc) is 2.26. The standard InChI is InChI=1S/C14H18BrCl2NO/c1-8(10-6-5-9(16)7-11(10)17)18-13(19)12(15)14(2,3)4/h5-8,12H,1-4H3,(H,18,19). The molecular weight excluding hydrogens is 349 g/mol. The summed E-state index contributed by atoms with van der Waals surface area (Å²) in [6.07, 6.45) is 0. The number of benzene rings is 1. The Labute approximate surface area is 133 Å². The van der Waals surface area contributed by atoms with E-state index in [-0.39, 0.29) is 22.2 Å². The van der Waals surface area contributed by atoms with Gasteiger partial charge in [0, 0.05) is 10.0 Å². The number of carbonyl (C=O) groups excluding carboxylic acids is 1. The molecule has 0 fully saturated rings. The Hall–Kier alpha value is -0.250. The SMILES string of the molecule is CC(NC(=O)C(Br)C(C)(C)C)c1ccc(Cl)cc1Cl. The largest absolute Gasteiger partial charge is 0.349 e. The van der Waals surface area contributed by atoms with Crippen LogP contribution in [0.3, 0.4) is 0 Å². The molecule has 0 saturated carbocycles. The zero-order valence-corrected chi connectivity index (χ0v) is 14.5. The molecule has 106 valence electrons. The molecule has 0 aliphatic rings. The first-order chi connectivity index (χ1) is 8.62. The monoisotopic (exact) mass is 365 g/mol. The van der Waals surface area contributed by atoms with Crippen molar-refractivity contribution in [2.75, 3.05) is 0 Å². The second kappa shape index (κ2) is 6.47. The molecule has 0 aromatic heterocycles. The normalized spacial score (nSPS) is 14.9. The molecule has 1 aromatic rings. The van der Waals surface area contributed by atoms with E-state index in [0.717, 1.165) is 5.56 Å². The van der Waals surface area contributed by atoms with Gasteiger partial charge in [-0.05, 0) is 30.0 Å². The lowest BCUT2D eigenvalue weighted by Crippen LogP contribution is -2.39. The van der Waals surface area contributed by atoms with Gasteiger partial charge >= 0.3 is 0 Å². The molecule has 0 heterocycles. The highest BCUT2D eigenvalue weighted by molar-refractivity contribution is 9.10. The fourth-order valence-electron chi connectivity index (χ4n) is 1.61. The van der Waals surface area contributed by atoms with Gasteiger partial charge < -0.3 is 5.32 Å². The van der Waals surface area contributed by atoms with Gasteiger partial charge in [0.1, 0.15) is 0 Å². The maximum atomic E-state index is 12.1. The predicted molar refractivity (Wildman–Crippen MR) is 85.2 cm³/mol. The lowest BCUT2D eigenvalue weighted by molar-refractivity contribution is -0.122. The van der Waals surface area contributed by atoms with E-state index in [1.165, 1.54) is 0 Å². The number of hydrogen-bond donors (Lipinski definition) is 1. The second-order valence-electron chi connectivity index (χ2n) is 5.62. The molecule has 1 aromatic carbocycles. The van der Waals surface area contributed by atoms with Crippen molar-refractivity contribution < 1.29 is 4.79 Å². The van der Waals surface area contributed by atoms with Gasteiger partial charge in [-0.15, -0.1) is 0 Å². The molecule has 5 heteroatoms. The highest BCUT2D eigenvalue weighted by Gasteiger charge is 2.29. The molecule has 0 aliphatic heterocycles. The van der Waals surface area contributed by atoms with Crippen molar-refractivity contribution in [3.8, 4) is 0 Å². The van der Waals surface area contributed by atoms with E-state index in [4.69, 9.17) is 23.2 Å². The number of amides is 1. The molecular formula is C14H18BrCl2NO. The molecule has 2 unspecified atom stereocenters. The van der Waals surface area contributed by atoms with Gasteiger partial charge in [0.05, 0.1) is 10.9 Å². The maximum Gasteiger partial charge on any atom is 0.234 e. The second-order valence-corrected chi connectivity index (χ2v) is 7.38. The molecule has 0 radical (unpaired) electrons. The van der Waals surface area contributed by atoms with Crippen molar-refractivity contribution in [2.45, 2.75) is 38.6 Å². The van der Waals surface area contributed by atoms with E-state index in [9.17, 15) is 4.79 Å². The number of alkyl halides is 1. The fourth-order valence-corrected chi connectivity index (χ4v) is 2.31. The lowest BCUT2D eigenvalue weighted by atomic mass is 9.91. The van der Waals surface area contributed by atoms with Crippen LogP contribution in [0.2, 0.25) is 10.0 Å². The number of hydrogen-bond acceptors (Lipinski definition) is 1. The maximum absolute atomic E-state index is 12.1. The minimum atomic E-state index is -0.256. The van der Waals surface area contributed by atoms with Crippen molar-refractivity contribution in [1.29, 1.82) is 0 Å². The third-order valence-corrected chi connectivity index (χ3v) is 5.13. The van der Waals surface area contributed by atoms with Gasteiger partial charge in [-0.1, -0.05) is 66.0 Å². The first-order valence-electron chi connectivity index (χ1n) is 6.02. The molecule has 19 heavy (non-hydrogen) atoms. The van der Waals surface area contributed by atoms with E-state index in [1.807, 2.05) is 33.8 Å². The zero-order valence-electron chi connectivity index (χ0n) is 11.4. The summed E-state index contributed by atoms with van der Waals surface area (Å²) in [5.74, 6) is -0.0500. The highest BCUT2D eigenvalue weighted by atomic mass is 79.9. The summed E-state index contributed by atoms with van der Waals surface area (Å²) in [6, 6.07) is 5.10. The highest BCUT2D eigenvalue weighted by Crippen LogP contribution is 2.29. The van der Waals surface area contributed by atoms with Crippen molar-refractivity contribution in [1.82, 2.24) is 5.32 Å². The Morgan fingerprint density at radius 2 is 1.89 bits per heavy atom. The minimum Gasteiger partial charge on any atom is -0.349 e. The van der Waals surface area contributed by atoms with Crippen molar-refractivity contribution in [3.05, 3.63) is 33.8 Å². The summed E-state index contributed by atoms with van der Waals surface area (Å²) in [4.78, 5) is 11.9. The first-order valence-corrected chi connectivity index (χ1v) is 7.69. The molecule has 0 spiro atoms. The summed E-state index contributed by atoms with van der Waals surface area (Å²) in [7, 11) is 0. The van der Waals surface area contributed by atoms with Gasteiger partial charge in [-0.2, -0.15) is 0 Å². The molecule has 2 atom stereocenters. The Morgan fingerprint density at radius 3 is 2.37 bits per heavy atom. The molecule has 0 aliphatic carbocycles. The van der Waals surface area contributed by atoms with Gasteiger partial charge in [0.2, 0.25) is 5.91 Å². The molecule has 1 rings (SSSR count). The van der Waals surface area contributed by atoms with Crippen LogP contribution in [0.4, 0.5) is 0 Å². The van der Waals surface area contributed by atoms with Gasteiger partial charge in [-0.3, -0.25) is 4.79 Å². The summed E-state index contributed by atoms with van der Waals surface area (Å²) < 4.78 is 0. The first kappa shape index (κ1) is 16.8. The number of nitrogens with one attached hydrogen (secondary N) is 1. The van der Waals surface area contributed by atoms with E-state index < -0.39 is 0 Å². The Bertz CT molecular complexity index is 471. The molecule has 1 N–H and O–H groups in total. The molecule has 1 amide bonds. The fraction of sp³-hybridized carbons (Fsp3) is 0.500. The van der Waals surface area contributed by atoms with Crippen molar-refractivity contribution >= 4 is 45.0 Å². The van der Waals surface area contributed by atoms with Crippen LogP contribution in [0, 0.1) is 5.41 Å². The average molecular weight is 367 g/mol. The summed E-state index contributed by atoms with van der Waals surface area (Å²) in [6.45, 7) is 7.92. The smallest absolute Gasteiger partial charge is 0.234 e. The zero-order chi connectivity index (χ0) is 14.8. The van der Waals surface area contributed by atoms with Gasteiger partial charge in [-0.25, -0.2) is 0 Å². The number of halogens is 3. The third-order valence-electron chi connectivity index (χ3n) is 2.78. The number of rotatable bonds is 3. The summed E-state index contributed by atoms with van der Waals surface area (Å²) in [5, 5.41) is 4.09. The van der Waals surface area contributed by atoms with Crippen LogP contribution in [0.15, 0.2) is 18.2 Å². The van der Waals surface area contributed by atoms with Crippen LogP contribution in [0.1, 0.15) is 39.3 Å². The minimum absolute atomic E-state index is 0.0500. The molecule has 0 saturated heterocycles. The van der Waals surface area contributed by atoms with Crippen LogP contribution in [-0.4, -0.2) is 10.7 Å². The quantitative estimate of drug-likeness (QED) is 0.751. The summed E-state index contributed by atoms with van der Waals surface area (Å²) >= 11 is 15.4. The van der Waals surface area contributed by atoms with E-state index >= 15 is 0 Å². The van der Waals surface area contributed by atoms with Crippen LogP contribution in [-0.2, 0) is 4.79 Å². The van der Waals surface area contributed by atoms with Crippen molar-refractivity contribution in [3.63, 3.8) is 0 Å². The molecule has 0 bridgehead atoms. The van der Waals surface area contributed by atoms with E-state index in [1.54, 1.807) is 12.1 Å². The van der Waals surface area contributed by atoms with E-state index in [0.29, 0.717) is 10.0 Å². The van der Waals surface area contributed by atoms with Crippen LogP contribution < -0.4 is 5.32 Å². The van der Waals surface area contributed by atoms with Crippen LogP contribution in [0.25, 0.3) is 0 Å². The number of carbonyl (C=O) groups is 1. The Morgan fingerprint density at radius 1 is 1.32 bits per heavy atom. The van der Waals surface area contributed by atoms with Gasteiger partial charge in [0.25, 0.3) is 0 Å². The Kier molecular flexibility index (Phi) is 5.72.